The quantitative estimate of drug-likeness (QED) is 0.856. The molecule has 20 heavy (non-hydrogen) atoms. The minimum Gasteiger partial charge on any atom is -0.450 e. The number of para-hydroxylation sites is 1. The first kappa shape index (κ1) is 14.9. The van der Waals surface area contributed by atoms with Crippen LogP contribution in [0.15, 0.2) is 40.9 Å². The molecular formula is C15H14BrF2NO. The van der Waals surface area contributed by atoms with Crippen LogP contribution in [0.5, 0.6) is 11.5 Å². The normalized spacial score (nSPS) is 10.6. The summed E-state index contributed by atoms with van der Waals surface area (Å²) < 4.78 is 33.8. The van der Waals surface area contributed by atoms with Gasteiger partial charge < -0.3 is 10.1 Å². The molecule has 0 aliphatic rings. The van der Waals surface area contributed by atoms with Crippen molar-refractivity contribution < 1.29 is 13.5 Å². The monoisotopic (exact) mass is 341 g/mol. The molecule has 2 aromatic rings. The topological polar surface area (TPSA) is 21.3 Å². The van der Waals surface area contributed by atoms with Gasteiger partial charge in [0.25, 0.3) is 0 Å². The van der Waals surface area contributed by atoms with Crippen LogP contribution in [0.4, 0.5) is 8.78 Å². The lowest BCUT2D eigenvalue weighted by Crippen LogP contribution is -2.12. The van der Waals surface area contributed by atoms with E-state index in [4.69, 9.17) is 4.74 Å². The molecule has 0 bridgehead atoms. The summed E-state index contributed by atoms with van der Waals surface area (Å²) in [5.74, 6) is -1.45. The average Bonchev–Trinajstić information content (AvgIpc) is 2.42. The molecule has 0 amide bonds. The highest BCUT2D eigenvalue weighted by Gasteiger charge is 2.14. The molecule has 0 saturated carbocycles. The highest BCUT2D eigenvalue weighted by atomic mass is 79.9. The molecule has 0 aromatic heterocycles. The van der Waals surface area contributed by atoms with Crippen molar-refractivity contribution in [3.8, 4) is 11.5 Å². The lowest BCUT2D eigenvalue weighted by atomic mass is 10.2. The van der Waals surface area contributed by atoms with Gasteiger partial charge in [0.2, 0.25) is 0 Å². The van der Waals surface area contributed by atoms with Crippen molar-refractivity contribution in [2.45, 2.75) is 13.5 Å². The Morgan fingerprint density at radius 2 is 1.80 bits per heavy atom. The zero-order valence-corrected chi connectivity index (χ0v) is 12.5. The summed E-state index contributed by atoms with van der Waals surface area (Å²) in [5.41, 5.74) is 0.543. The summed E-state index contributed by atoms with van der Waals surface area (Å²) in [6, 6.07) is 9.45. The summed E-state index contributed by atoms with van der Waals surface area (Å²) in [5, 5.41) is 3.02. The molecule has 0 spiro atoms. The Labute approximate surface area is 124 Å². The Hall–Kier alpha value is -1.46. The highest BCUT2D eigenvalue weighted by molar-refractivity contribution is 9.10. The average molecular weight is 342 g/mol. The maximum Gasteiger partial charge on any atom is 0.198 e. The highest BCUT2D eigenvalue weighted by Crippen LogP contribution is 2.32. The molecule has 0 aliphatic heterocycles. The summed E-state index contributed by atoms with van der Waals surface area (Å²) in [4.78, 5) is 0. The third-order valence-electron chi connectivity index (χ3n) is 2.69. The van der Waals surface area contributed by atoms with Crippen molar-refractivity contribution in [1.82, 2.24) is 5.32 Å². The van der Waals surface area contributed by atoms with Crippen molar-refractivity contribution in [3.05, 3.63) is 58.1 Å². The first-order chi connectivity index (χ1) is 9.61. The second-order valence-electron chi connectivity index (χ2n) is 4.20. The number of hydrogen-bond acceptors (Lipinski definition) is 2. The van der Waals surface area contributed by atoms with Gasteiger partial charge in [-0.1, -0.05) is 19.1 Å². The Morgan fingerprint density at radius 3 is 2.40 bits per heavy atom. The Balaban J connectivity index is 2.27. The van der Waals surface area contributed by atoms with E-state index in [1.807, 2.05) is 6.92 Å². The minimum atomic E-state index is -0.714. The van der Waals surface area contributed by atoms with Gasteiger partial charge in [0.05, 0.1) is 4.47 Å². The van der Waals surface area contributed by atoms with Crippen LogP contribution in [0.3, 0.4) is 0 Å². The maximum absolute atomic E-state index is 13.9. The van der Waals surface area contributed by atoms with Gasteiger partial charge >= 0.3 is 0 Å². The molecule has 1 N–H and O–H groups in total. The largest absolute Gasteiger partial charge is 0.450 e. The smallest absolute Gasteiger partial charge is 0.198 e. The lowest BCUT2D eigenvalue weighted by molar-refractivity contribution is 0.404. The number of rotatable bonds is 5. The van der Waals surface area contributed by atoms with Gasteiger partial charge in [-0.25, -0.2) is 8.78 Å². The molecule has 2 nitrogen and oxygen atoms in total. The summed E-state index contributed by atoms with van der Waals surface area (Å²) in [7, 11) is 0. The van der Waals surface area contributed by atoms with E-state index in [1.54, 1.807) is 24.3 Å². The Kier molecular flexibility index (Phi) is 5.09. The van der Waals surface area contributed by atoms with Crippen LogP contribution in [0.25, 0.3) is 0 Å². The van der Waals surface area contributed by atoms with E-state index in [0.717, 1.165) is 6.54 Å². The number of hydrogen-bond donors (Lipinski definition) is 1. The summed E-state index contributed by atoms with van der Waals surface area (Å²) >= 11 is 3.27. The van der Waals surface area contributed by atoms with E-state index in [2.05, 4.69) is 21.2 Å². The second-order valence-corrected chi connectivity index (χ2v) is 5.06. The van der Waals surface area contributed by atoms with E-state index >= 15 is 0 Å². The lowest BCUT2D eigenvalue weighted by Gasteiger charge is -2.11. The number of halogens is 3. The molecule has 0 unspecified atom stereocenters. The second kappa shape index (κ2) is 6.81. The van der Waals surface area contributed by atoms with Crippen LogP contribution in [-0.4, -0.2) is 6.54 Å². The first-order valence-electron chi connectivity index (χ1n) is 6.23. The fraction of sp³-hybridized carbons (Fsp3) is 0.200. The SMILES string of the molecule is CCNCc1cc(F)c(Oc2ccccc2Br)c(F)c1. The van der Waals surface area contributed by atoms with Gasteiger partial charge in [0, 0.05) is 6.54 Å². The molecule has 2 aromatic carbocycles. The van der Waals surface area contributed by atoms with Crippen LogP contribution in [0.2, 0.25) is 0 Å². The van der Waals surface area contributed by atoms with Gasteiger partial charge in [0.15, 0.2) is 17.4 Å². The molecule has 0 fully saturated rings. The van der Waals surface area contributed by atoms with Crippen LogP contribution in [0.1, 0.15) is 12.5 Å². The fourth-order valence-electron chi connectivity index (χ4n) is 1.72. The van der Waals surface area contributed by atoms with Crippen LogP contribution in [0, 0.1) is 11.6 Å². The van der Waals surface area contributed by atoms with Crippen molar-refractivity contribution in [1.29, 1.82) is 0 Å². The van der Waals surface area contributed by atoms with E-state index < -0.39 is 17.4 Å². The molecule has 0 atom stereocenters. The predicted octanol–water partition coefficient (Wildman–Crippen LogP) is 4.63. The molecular weight excluding hydrogens is 328 g/mol. The maximum atomic E-state index is 13.9. The number of ether oxygens (including phenoxy) is 1. The number of nitrogens with one attached hydrogen (secondary N) is 1. The van der Waals surface area contributed by atoms with Crippen LogP contribution in [-0.2, 0) is 6.54 Å². The van der Waals surface area contributed by atoms with E-state index in [0.29, 0.717) is 22.3 Å². The van der Waals surface area contributed by atoms with Crippen molar-refractivity contribution in [2.75, 3.05) is 6.54 Å². The number of benzene rings is 2. The standard InChI is InChI=1S/C15H14BrF2NO/c1-2-19-9-10-7-12(17)15(13(18)8-10)20-14-6-4-3-5-11(14)16/h3-8,19H,2,9H2,1H3. The van der Waals surface area contributed by atoms with Gasteiger partial charge in [0.1, 0.15) is 5.75 Å². The van der Waals surface area contributed by atoms with Gasteiger partial charge in [-0.2, -0.15) is 0 Å². The van der Waals surface area contributed by atoms with Crippen LogP contribution >= 0.6 is 15.9 Å². The third kappa shape index (κ3) is 3.55. The molecule has 0 heterocycles. The molecule has 0 saturated heterocycles. The Morgan fingerprint density at radius 1 is 1.15 bits per heavy atom. The first-order valence-corrected chi connectivity index (χ1v) is 7.02. The van der Waals surface area contributed by atoms with Crippen molar-refractivity contribution in [2.24, 2.45) is 0 Å². The van der Waals surface area contributed by atoms with Gasteiger partial charge in [-0.15, -0.1) is 0 Å². The van der Waals surface area contributed by atoms with Crippen molar-refractivity contribution in [3.63, 3.8) is 0 Å². The molecule has 0 radical (unpaired) electrons. The zero-order chi connectivity index (χ0) is 14.5. The minimum absolute atomic E-state index is 0.365. The molecule has 106 valence electrons. The summed E-state index contributed by atoms with van der Waals surface area (Å²) in [6.45, 7) is 3.08. The molecule has 2 rings (SSSR count). The zero-order valence-electron chi connectivity index (χ0n) is 10.9. The van der Waals surface area contributed by atoms with Gasteiger partial charge in [-0.05, 0) is 52.3 Å². The predicted molar refractivity (Wildman–Crippen MR) is 78.0 cm³/mol. The van der Waals surface area contributed by atoms with Crippen molar-refractivity contribution >= 4 is 15.9 Å². The van der Waals surface area contributed by atoms with E-state index in [9.17, 15) is 8.78 Å². The summed E-state index contributed by atoms with van der Waals surface area (Å²) in [6.07, 6.45) is 0. The molecule has 5 heteroatoms. The Bertz CT molecular complexity index is 581. The van der Waals surface area contributed by atoms with Crippen LogP contribution < -0.4 is 10.1 Å². The third-order valence-corrected chi connectivity index (χ3v) is 3.34. The van der Waals surface area contributed by atoms with Gasteiger partial charge in [-0.3, -0.25) is 0 Å². The van der Waals surface area contributed by atoms with E-state index in [1.165, 1.54) is 12.1 Å². The van der Waals surface area contributed by atoms with E-state index in [-0.39, 0.29) is 0 Å². The fourth-order valence-corrected chi connectivity index (χ4v) is 2.08. The molecule has 0 aliphatic carbocycles.